The molecule has 0 saturated heterocycles. The summed E-state index contributed by atoms with van der Waals surface area (Å²) in [5.41, 5.74) is 3.56. The summed E-state index contributed by atoms with van der Waals surface area (Å²) in [6.07, 6.45) is 0. The third-order valence-electron chi connectivity index (χ3n) is 3.65. The quantitative estimate of drug-likeness (QED) is 0.819. The maximum Gasteiger partial charge on any atom is 0.325 e. The van der Waals surface area contributed by atoms with Gasteiger partial charge in [0.05, 0.1) is 7.11 Å². The lowest BCUT2D eigenvalue weighted by Crippen LogP contribution is -2.30. The number of benzene rings is 2. The molecule has 0 aromatic heterocycles. The Hall–Kier alpha value is -3.15. The van der Waals surface area contributed by atoms with E-state index in [4.69, 9.17) is 0 Å². The smallest absolute Gasteiger partial charge is 0.325 e. The Labute approximate surface area is 146 Å². The van der Waals surface area contributed by atoms with Crippen molar-refractivity contribution in [1.29, 1.82) is 0 Å². The number of esters is 1. The lowest BCUT2D eigenvalue weighted by molar-refractivity contribution is -0.139. The van der Waals surface area contributed by atoms with Gasteiger partial charge in [0.1, 0.15) is 6.54 Å². The van der Waals surface area contributed by atoms with Gasteiger partial charge in [-0.25, -0.2) is 0 Å². The molecule has 0 radical (unpaired) electrons. The van der Waals surface area contributed by atoms with Crippen LogP contribution < -0.4 is 10.6 Å². The van der Waals surface area contributed by atoms with Crippen LogP contribution in [0.3, 0.4) is 0 Å². The van der Waals surface area contributed by atoms with Crippen LogP contribution in [-0.2, 0) is 9.53 Å². The number of aryl methyl sites for hydroxylation is 2. The molecule has 0 saturated carbocycles. The topological polar surface area (TPSA) is 84.5 Å². The molecule has 2 aromatic rings. The Morgan fingerprint density at radius 3 is 2.24 bits per heavy atom. The van der Waals surface area contributed by atoms with Crippen LogP contribution in [0.25, 0.3) is 0 Å². The van der Waals surface area contributed by atoms with Crippen LogP contribution in [0.4, 0.5) is 5.69 Å². The van der Waals surface area contributed by atoms with E-state index in [1.54, 1.807) is 30.3 Å². The molecule has 2 amide bonds. The number of ether oxygens (including phenoxy) is 1. The monoisotopic (exact) mass is 340 g/mol. The fourth-order valence-corrected chi connectivity index (χ4v) is 2.30. The summed E-state index contributed by atoms with van der Waals surface area (Å²) in [6, 6.07) is 12.0. The number of carbonyl (C=O) groups excluding carboxylic acids is 3. The first-order valence-corrected chi connectivity index (χ1v) is 7.74. The van der Waals surface area contributed by atoms with Crippen molar-refractivity contribution >= 4 is 23.5 Å². The normalized spacial score (nSPS) is 10.0. The lowest BCUT2D eigenvalue weighted by Gasteiger charge is -2.09. The van der Waals surface area contributed by atoms with Crippen molar-refractivity contribution < 1.29 is 19.1 Å². The number of rotatable bonds is 5. The van der Waals surface area contributed by atoms with E-state index in [9.17, 15) is 14.4 Å². The first-order valence-electron chi connectivity index (χ1n) is 7.74. The molecule has 2 rings (SSSR count). The highest BCUT2D eigenvalue weighted by atomic mass is 16.5. The van der Waals surface area contributed by atoms with Crippen LogP contribution in [0.5, 0.6) is 0 Å². The molecule has 0 aliphatic heterocycles. The average molecular weight is 340 g/mol. The first-order chi connectivity index (χ1) is 11.9. The van der Waals surface area contributed by atoms with Gasteiger partial charge >= 0.3 is 5.97 Å². The number of nitrogens with one attached hydrogen (secondary N) is 2. The molecule has 0 aliphatic rings. The predicted molar refractivity (Wildman–Crippen MR) is 94.7 cm³/mol. The van der Waals surface area contributed by atoms with E-state index in [1.807, 2.05) is 26.0 Å². The van der Waals surface area contributed by atoms with Crippen molar-refractivity contribution in [3.8, 4) is 0 Å². The molecule has 130 valence electrons. The standard InChI is InChI=1S/C19H20N2O4/c1-12-4-9-16(13(2)10-12)19(24)21-15-7-5-14(6-8-15)18(23)20-11-17(22)25-3/h4-10H,11H2,1-3H3,(H,20,23)(H,21,24). The molecule has 6 heteroatoms. The maximum absolute atomic E-state index is 12.3. The van der Waals surface area contributed by atoms with Crippen LogP contribution in [0.1, 0.15) is 31.8 Å². The Bertz CT molecular complexity index is 798. The van der Waals surface area contributed by atoms with Crippen LogP contribution in [0, 0.1) is 13.8 Å². The second-order valence-corrected chi connectivity index (χ2v) is 5.61. The van der Waals surface area contributed by atoms with Gasteiger partial charge < -0.3 is 15.4 Å². The highest BCUT2D eigenvalue weighted by Crippen LogP contribution is 2.15. The largest absolute Gasteiger partial charge is 0.468 e. The number of anilines is 1. The molecule has 0 spiro atoms. The molecule has 0 unspecified atom stereocenters. The summed E-state index contributed by atoms with van der Waals surface area (Å²) >= 11 is 0. The lowest BCUT2D eigenvalue weighted by atomic mass is 10.1. The molecule has 2 N–H and O–H groups in total. The molecule has 0 atom stereocenters. The molecule has 0 fully saturated rings. The summed E-state index contributed by atoms with van der Waals surface area (Å²) in [6.45, 7) is 3.66. The summed E-state index contributed by atoms with van der Waals surface area (Å²) in [5, 5.41) is 5.25. The minimum Gasteiger partial charge on any atom is -0.468 e. The van der Waals surface area contributed by atoms with Crippen LogP contribution in [0.2, 0.25) is 0 Å². The second kappa shape index (κ2) is 8.10. The minimum atomic E-state index is -0.522. The number of methoxy groups -OCH3 is 1. The van der Waals surface area contributed by atoms with E-state index in [-0.39, 0.29) is 12.5 Å². The summed E-state index contributed by atoms with van der Waals surface area (Å²) in [5.74, 6) is -1.12. The number of carbonyl (C=O) groups is 3. The van der Waals surface area contributed by atoms with Crippen molar-refractivity contribution in [2.24, 2.45) is 0 Å². The molecule has 0 aliphatic carbocycles. The SMILES string of the molecule is COC(=O)CNC(=O)c1ccc(NC(=O)c2ccc(C)cc2C)cc1. The fourth-order valence-electron chi connectivity index (χ4n) is 2.30. The van der Waals surface area contributed by atoms with Gasteiger partial charge in [0.25, 0.3) is 11.8 Å². The van der Waals surface area contributed by atoms with Gasteiger partial charge in [-0.3, -0.25) is 14.4 Å². The van der Waals surface area contributed by atoms with Gasteiger partial charge in [0.2, 0.25) is 0 Å². The molecule has 25 heavy (non-hydrogen) atoms. The Balaban J connectivity index is 2.01. The zero-order valence-electron chi connectivity index (χ0n) is 14.4. The Kier molecular flexibility index (Phi) is 5.89. The van der Waals surface area contributed by atoms with E-state index in [2.05, 4.69) is 15.4 Å². The van der Waals surface area contributed by atoms with Gasteiger partial charge in [0, 0.05) is 16.8 Å². The predicted octanol–water partition coefficient (Wildman–Crippen LogP) is 2.46. The van der Waals surface area contributed by atoms with Gasteiger partial charge in [-0.1, -0.05) is 17.7 Å². The van der Waals surface area contributed by atoms with Crippen LogP contribution in [-0.4, -0.2) is 31.4 Å². The Morgan fingerprint density at radius 2 is 1.64 bits per heavy atom. The van der Waals surface area contributed by atoms with E-state index in [1.165, 1.54) is 7.11 Å². The Morgan fingerprint density at radius 1 is 0.960 bits per heavy atom. The van der Waals surface area contributed by atoms with Gasteiger partial charge in [-0.2, -0.15) is 0 Å². The zero-order valence-corrected chi connectivity index (χ0v) is 14.4. The number of hydrogen-bond donors (Lipinski definition) is 2. The fraction of sp³-hybridized carbons (Fsp3) is 0.211. The molecule has 0 bridgehead atoms. The summed E-state index contributed by atoms with van der Waals surface area (Å²) in [7, 11) is 1.25. The molecule has 6 nitrogen and oxygen atoms in total. The minimum absolute atomic E-state index is 0.194. The van der Waals surface area contributed by atoms with Crippen molar-refractivity contribution in [2.45, 2.75) is 13.8 Å². The molecule has 0 heterocycles. The zero-order chi connectivity index (χ0) is 18.4. The van der Waals surface area contributed by atoms with E-state index >= 15 is 0 Å². The molecular formula is C19H20N2O4. The molecule has 2 aromatic carbocycles. The number of hydrogen-bond acceptors (Lipinski definition) is 4. The van der Waals surface area contributed by atoms with Crippen molar-refractivity contribution in [2.75, 3.05) is 19.0 Å². The highest BCUT2D eigenvalue weighted by Gasteiger charge is 2.11. The van der Waals surface area contributed by atoms with Crippen LogP contribution in [0.15, 0.2) is 42.5 Å². The van der Waals surface area contributed by atoms with E-state index in [0.717, 1.165) is 11.1 Å². The number of amides is 2. The van der Waals surface area contributed by atoms with E-state index in [0.29, 0.717) is 16.8 Å². The van der Waals surface area contributed by atoms with Crippen molar-refractivity contribution in [3.05, 3.63) is 64.7 Å². The van der Waals surface area contributed by atoms with Crippen molar-refractivity contribution in [3.63, 3.8) is 0 Å². The van der Waals surface area contributed by atoms with E-state index < -0.39 is 11.9 Å². The van der Waals surface area contributed by atoms with Gasteiger partial charge in [-0.15, -0.1) is 0 Å². The third-order valence-corrected chi connectivity index (χ3v) is 3.65. The van der Waals surface area contributed by atoms with Crippen molar-refractivity contribution in [1.82, 2.24) is 5.32 Å². The maximum atomic E-state index is 12.3. The third kappa shape index (κ3) is 4.91. The highest BCUT2D eigenvalue weighted by molar-refractivity contribution is 6.05. The summed E-state index contributed by atoms with van der Waals surface area (Å²) in [4.78, 5) is 35.2. The van der Waals surface area contributed by atoms with Crippen LogP contribution >= 0.6 is 0 Å². The average Bonchev–Trinajstić information content (AvgIpc) is 2.59. The van der Waals surface area contributed by atoms with Gasteiger partial charge in [-0.05, 0) is 49.7 Å². The molecular weight excluding hydrogens is 320 g/mol. The van der Waals surface area contributed by atoms with Gasteiger partial charge in [0.15, 0.2) is 0 Å². The first kappa shape index (κ1) is 18.2. The second-order valence-electron chi connectivity index (χ2n) is 5.61. The summed E-state index contributed by atoms with van der Waals surface area (Å²) < 4.78 is 4.46.